The molecule has 3 aromatic rings. The molecule has 1 atom stereocenters. The van der Waals surface area contributed by atoms with Gasteiger partial charge in [-0.3, -0.25) is 14.6 Å². The number of rotatable bonds is 8. The highest BCUT2D eigenvalue weighted by Crippen LogP contribution is 2.38. The fraction of sp³-hybridized carbons (Fsp3) is 0.240. The predicted octanol–water partition coefficient (Wildman–Crippen LogP) is 4.21. The third-order valence-electron chi connectivity index (χ3n) is 5.29. The molecule has 33 heavy (non-hydrogen) atoms. The van der Waals surface area contributed by atoms with Gasteiger partial charge in [-0.25, -0.2) is 0 Å². The van der Waals surface area contributed by atoms with Gasteiger partial charge in [-0.1, -0.05) is 18.2 Å². The summed E-state index contributed by atoms with van der Waals surface area (Å²) in [5.41, 5.74) is 3.38. The lowest BCUT2D eigenvalue weighted by molar-refractivity contribution is -0.137. The molecule has 1 aliphatic rings. The average Bonchev–Trinajstić information content (AvgIpc) is 2.98. The van der Waals surface area contributed by atoms with E-state index in [1.807, 2.05) is 12.1 Å². The Morgan fingerprint density at radius 2 is 2.00 bits per heavy atom. The Bertz CT molecular complexity index is 1160. The number of carbonyl (C=O) groups is 2. The lowest BCUT2D eigenvalue weighted by Crippen LogP contribution is -2.14. The lowest BCUT2D eigenvalue weighted by Gasteiger charge is -2.18. The van der Waals surface area contributed by atoms with Gasteiger partial charge in [0.1, 0.15) is 24.2 Å². The number of amides is 1. The van der Waals surface area contributed by atoms with Crippen LogP contribution in [0.4, 0.5) is 5.69 Å². The number of nitrogens with one attached hydrogen (secondary N) is 1. The number of para-hydroxylation sites is 2. The highest BCUT2D eigenvalue weighted by atomic mass is 16.5. The number of carboxylic acids is 1. The van der Waals surface area contributed by atoms with Gasteiger partial charge < -0.3 is 24.6 Å². The van der Waals surface area contributed by atoms with Crippen LogP contribution in [0.25, 0.3) is 0 Å². The van der Waals surface area contributed by atoms with E-state index in [1.165, 1.54) is 0 Å². The molecule has 1 aromatic heterocycles. The SMILES string of the molecule is COC1c2cc(C(=O)Nc3ccccc3OCCCC(=O)O)ccc2OCc2ncccc21. The zero-order chi connectivity index (χ0) is 23.2. The summed E-state index contributed by atoms with van der Waals surface area (Å²) in [5.74, 6) is -0.0762. The Labute approximate surface area is 191 Å². The van der Waals surface area contributed by atoms with E-state index in [-0.39, 0.29) is 18.9 Å². The van der Waals surface area contributed by atoms with E-state index >= 15 is 0 Å². The van der Waals surface area contributed by atoms with Gasteiger partial charge in [0, 0.05) is 36.4 Å². The quantitative estimate of drug-likeness (QED) is 0.497. The Morgan fingerprint density at radius 1 is 1.15 bits per heavy atom. The molecule has 2 N–H and O–H groups in total. The zero-order valence-electron chi connectivity index (χ0n) is 18.1. The number of ether oxygens (including phenoxy) is 3. The monoisotopic (exact) mass is 448 g/mol. The van der Waals surface area contributed by atoms with Crippen LogP contribution < -0.4 is 14.8 Å². The van der Waals surface area contributed by atoms with Crippen molar-refractivity contribution < 1.29 is 28.9 Å². The molecule has 0 fully saturated rings. The molecular formula is C25H24N2O6. The van der Waals surface area contributed by atoms with Crippen LogP contribution in [0.5, 0.6) is 11.5 Å². The molecule has 0 spiro atoms. The third-order valence-corrected chi connectivity index (χ3v) is 5.29. The normalized spacial score (nSPS) is 14.3. The van der Waals surface area contributed by atoms with Crippen LogP contribution in [-0.4, -0.2) is 35.7 Å². The van der Waals surface area contributed by atoms with E-state index in [0.29, 0.717) is 35.8 Å². The van der Waals surface area contributed by atoms with Crippen LogP contribution in [0.3, 0.4) is 0 Å². The van der Waals surface area contributed by atoms with Crippen LogP contribution in [-0.2, 0) is 16.1 Å². The van der Waals surface area contributed by atoms with Crippen molar-refractivity contribution in [1.29, 1.82) is 0 Å². The molecule has 2 heterocycles. The van der Waals surface area contributed by atoms with Gasteiger partial charge in [0.25, 0.3) is 5.91 Å². The van der Waals surface area contributed by atoms with Gasteiger partial charge in [-0.05, 0) is 42.8 Å². The van der Waals surface area contributed by atoms with Crippen molar-refractivity contribution in [3.05, 3.63) is 83.2 Å². The van der Waals surface area contributed by atoms with Crippen molar-refractivity contribution in [2.45, 2.75) is 25.6 Å². The molecule has 8 nitrogen and oxygen atoms in total. The van der Waals surface area contributed by atoms with Crippen LogP contribution in [0.15, 0.2) is 60.8 Å². The Morgan fingerprint density at radius 3 is 2.82 bits per heavy atom. The minimum Gasteiger partial charge on any atom is -0.491 e. The second-order valence-electron chi connectivity index (χ2n) is 7.49. The predicted molar refractivity (Wildman–Crippen MR) is 121 cm³/mol. The van der Waals surface area contributed by atoms with Gasteiger partial charge in [0.15, 0.2) is 0 Å². The number of benzene rings is 2. The van der Waals surface area contributed by atoms with Crippen molar-refractivity contribution >= 4 is 17.6 Å². The molecule has 1 aliphatic heterocycles. The fourth-order valence-corrected chi connectivity index (χ4v) is 3.70. The van der Waals surface area contributed by atoms with E-state index in [1.54, 1.807) is 55.8 Å². The van der Waals surface area contributed by atoms with E-state index < -0.39 is 12.1 Å². The van der Waals surface area contributed by atoms with Crippen LogP contribution in [0.1, 0.15) is 46.1 Å². The molecule has 1 unspecified atom stereocenters. The Hall–Kier alpha value is -3.91. The summed E-state index contributed by atoms with van der Waals surface area (Å²) < 4.78 is 17.3. The number of carboxylic acid groups (broad SMARTS) is 1. The first-order valence-corrected chi connectivity index (χ1v) is 10.5. The van der Waals surface area contributed by atoms with Crippen molar-refractivity contribution in [3.8, 4) is 11.5 Å². The number of fused-ring (bicyclic) bond motifs is 2. The largest absolute Gasteiger partial charge is 0.491 e. The minimum atomic E-state index is -0.875. The van der Waals surface area contributed by atoms with Crippen LogP contribution >= 0.6 is 0 Å². The number of aromatic nitrogens is 1. The van der Waals surface area contributed by atoms with Crippen molar-refractivity contribution in [3.63, 3.8) is 0 Å². The minimum absolute atomic E-state index is 0.0189. The molecular weight excluding hydrogens is 424 g/mol. The maximum absolute atomic E-state index is 13.1. The standard InChI is InChI=1S/C25H24N2O6/c1-31-24-17-6-4-12-26-20(17)15-33-21-11-10-16(14-18(21)24)25(30)27-19-7-2-3-8-22(19)32-13-5-9-23(28)29/h2-4,6-8,10-12,14,24H,5,9,13,15H2,1H3,(H,27,30)(H,28,29). The summed E-state index contributed by atoms with van der Waals surface area (Å²) >= 11 is 0. The maximum Gasteiger partial charge on any atom is 0.303 e. The number of hydrogen-bond acceptors (Lipinski definition) is 6. The van der Waals surface area contributed by atoms with Gasteiger partial charge in [0.2, 0.25) is 0 Å². The van der Waals surface area contributed by atoms with Gasteiger partial charge >= 0.3 is 5.97 Å². The summed E-state index contributed by atoms with van der Waals surface area (Å²) in [4.78, 5) is 28.1. The van der Waals surface area contributed by atoms with E-state index in [2.05, 4.69) is 10.3 Å². The summed E-state index contributed by atoms with van der Waals surface area (Å²) in [7, 11) is 1.61. The first kappa shape index (κ1) is 22.3. The molecule has 2 aromatic carbocycles. The smallest absolute Gasteiger partial charge is 0.303 e. The molecule has 0 bridgehead atoms. The Kier molecular flexibility index (Phi) is 6.85. The fourth-order valence-electron chi connectivity index (χ4n) is 3.70. The molecule has 170 valence electrons. The lowest BCUT2D eigenvalue weighted by atomic mass is 9.98. The molecule has 0 radical (unpaired) electrons. The first-order chi connectivity index (χ1) is 16.1. The molecule has 0 saturated heterocycles. The third kappa shape index (κ3) is 5.12. The summed E-state index contributed by atoms with van der Waals surface area (Å²) in [6.45, 7) is 0.555. The summed E-state index contributed by atoms with van der Waals surface area (Å²) in [5, 5.41) is 11.6. The number of anilines is 1. The van der Waals surface area contributed by atoms with Crippen molar-refractivity contribution in [2.24, 2.45) is 0 Å². The molecule has 8 heteroatoms. The summed E-state index contributed by atoms with van der Waals surface area (Å²) in [6.07, 6.45) is 1.69. The first-order valence-electron chi connectivity index (χ1n) is 10.5. The van der Waals surface area contributed by atoms with Crippen LogP contribution in [0, 0.1) is 0 Å². The topological polar surface area (TPSA) is 107 Å². The van der Waals surface area contributed by atoms with E-state index in [9.17, 15) is 9.59 Å². The van der Waals surface area contributed by atoms with Crippen molar-refractivity contribution in [2.75, 3.05) is 19.0 Å². The van der Waals surface area contributed by atoms with Crippen molar-refractivity contribution in [1.82, 2.24) is 4.98 Å². The second kappa shape index (κ2) is 10.1. The number of methoxy groups -OCH3 is 1. The number of aliphatic carboxylic acids is 1. The number of carbonyl (C=O) groups excluding carboxylic acids is 1. The number of nitrogens with zero attached hydrogens (tertiary/aromatic N) is 1. The number of hydrogen-bond donors (Lipinski definition) is 2. The van der Waals surface area contributed by atoms with Gasteiger partial charge in [0.05, 0.1) is 18.0 Å². The van der Waals surface area contributed by atoms with Gasteiger partial charge in [-0.15, -0.1) is 0 Å². The van der Waals surface area contributed by atoms with E-state index in [4.69, 9.17) is 19.3 Å². The van der Waals surface area contributed by atoms with Crippen LogP contribution in [0.2, 0.25) is 0 Å². The van der Waals surface area contributed by atoms with E-state index in [0.717, 1.165) is 16.8 Å². The molecule has 0 aliphatic carbocycles. The highest BCUT2D eigenvalue weighted by molar-refractivity contribution is 6.05. The number of pyridine rings is 1. The highest BCUT2D eigenvalue weighted by Gasteiger charge is 2.26. The molecule has 0 saturated carbocycles. The average molecular weight is 448 g/mol. The molecule has 1 amide bonds. The maximum atomic E-state index is 13.1. The summed E-state index contributed by atoms with van der Waals surface area (Å²) in [6, 6.07) is 16.0. The second-order valence-corrected chi connectivity index (χ2v) is 7.49. The zero-order valence-corrected chi connectivity index (χ0v) is 18.1. The Balaban J connectivity index is 1.54. The van der Waals surface area contributed by atoms with Gasteiger partial charge in [-0.2, -0.15) is 0 Å². The molecule has 4 rings (SSSR count).